The highest BCUT2D eigenvalue weighted by molar-refractivity contribution is 7.29. The number of benzene rings is 1. The molecule has 3 rings (SSSR count). The maximum absolute atomic E-state index is 12.3. The van der Waals surface area contributed by atoms with E-state index < -0.39 is 0 Å². The van der Waals surface area contributed by atoms with Gasteiger partial charge >= 0.3 is 0 Å². The van der Waals surface area contributed by atoms with Gasteiger partial charge in [-0.2, -0.15) is 0 Å². The number of carbonyl (C=O) groups excluding carboxylic acids is 2. The molecule has 0 unspecified atom stereocenters. The smallest absolute Gasteiger partial charge is 0.265 e. The Morgan fingerprint density at radius 3 is 2.58 bits per heavy atom. The number of thiophene rings is 1. The number of rotatable bonds is 6. The lowest BCUT2D eigenvalue weighted by molar-refractivity contribution is 0.101. The summed E-state index contributed by atoms with van der Waals surface area (Å²) in [7, 11) is 0. The van der Waals surface area contributed by atoms with Gasteiger partial charge in [-0.3, -0.25) is 9.59 Å². The van der Waals surface area contributed by atoms with Crippen molar-refractivity contribution in [1.82, 2.24) is 4.98 Å². The second-order valence-corrected chi connectivity index (χ2v) is 7.10. The molecule has 124 valence electrons. The fourth-order valence-corrected chi connectivity index (χ4v) is 4.10. The number of aromatic nitrogens is 1. The Balaban J connectivity index is 1.71. The Bertz CT molecular complexity index is 852. The Morgan fingerprint density at radius 1 is 1.21 bits per heavy atom. The number of anilines is 2. The van der Waals surface area contributed by atoms with Crippen LogP contribution in [0.5, 0.6) is 0 Å². The van der Waals surface area contributed by atoms with Crippen LogP contribution in [0.3, 0.4) is 0 Å². The molecule has 0 radical (unpaired) electrons. The summed E-state index contributed by atoms with van der Waals surface area (Å²) in [5.41, 5.74) is 1.25. The first kappa shape index (κ1) is 16.6. The molecule has 24 heavy (non-hydrogen) atoms. The molecule has 6 nitrogen and oxygen atoms in total. The van der Waals surface area contributed by atoms with Crippen LogP contribution in [-0.2, 0) is 0 Å². The van der Waals surface area contributed by atoms with Gasteiger partial charge in [0.25, 0.3) is 5.91 Å². The zero-order chi connectivity index (χ0) is 17.1. The van der Waals surface area contributed by atoms with E-state index in [-0.39, 0.29) is 18.3 Å². The summed E-state index contributed by atoms with van der Waals surface area (Å²) in [5, 5.41) is 15.4. The number of amides is 1. The normalized spacial score (nSPS) is 10.8. The minimum Gasteiger partial charge on any atom is -0.395 e. The third-order valence-electron chi connectivity index (χ3n) is 3.25. The van der Waals surface area contributed by atoms with Gasteiger partial charge in [-0.15, -0.1) is 11.3 Å². The van der Waals surface area contributed by atoms with Crippen LogP contribution < -0.4 is 10.6 Å². The lowest BCUT2D eigenvalue weighted by Crippen LogP contribution is -2.10. The van der Waals surface area contributed by atoms with Gasteiger partial charge in [0.05, 0.1) is 16.2 Å². The number of hydrogen-bond donors (Lipinski definition) is 3. The minimum atomic E-state index is -0.203. The van der Waals surface area contributed by atoms with Gasteiger partial charge in [-0.25, -0.2) is 4.98 Å². The number of fused-ring (bicyclic) bond motifs is 1. The van der Waals surface area contributed by atoms with Gasteiger partial charge in [-0.1, -0.05) is 11.3 Å². The number of carbonyl (C=O) groups is 2. The number of Topliss-reactive ketones (excluding diaryl/α,β-unsaturated/α-hetero) is 1. The number of nitrogens with one attached hydrogen (secondary N) is 2. The largest absolute Gasteiger partial charge is 0.395 e. The second-order valence-electron chi connectivity index (χ2n) is 5.04. The first-order valence-electron chi connectivity index (χ1n) is 7.24. The van der Waals surface area contributed by atoms with Crippen molar-refractivity contribution in [2.24, 2.45) is 0 Å². The topological polar surface area (TPSA) is 91.3 Å². The van der Waals surface area contributed by atoms with Crippen LogP contribution in [0.15, 0.2) is 30.3 Å². The summed E-state index contributed by atoms with van der Waals surface area (Å²) in [6.07, 6.45) is 0. The molecular weight excluding hydrogens is 346 g/mol. The first-order valence-corrected chi connectivity index (χ1v) is 8.87. The quantitative estimate of drug-likeness (QED) is 0.587. The molecule has 0 aliphatic heterocycles. The zero-order valence-corrected chi connectivity index (χ0v) is 14.5. The van der Waals surface area contributed by atoms with E-state index in [1.165, 1.54) is 29.6 Å². The van der Waals surface area contributed by atoms with Crippen LogP contribution in [-0.4, -0.2) is 34.9 Å². The Kier molecular flexibility index (Phi) is 4.89. The third kappa shape index (κ3) is 3.61. The molecule has 0 atom stereocenters. The van der Waals surface area contributed by atoms with E-state index in [1.54, 1.807) is 30.3 Å². The molecule has 0 saturated heterocycles. The molecule has 8 heteroatoms. The highest BCUT2D eigenvalue weighted by Gasteiger charge is 2.14. The second kappa shape index (κ2) is 7.08. The summed E-state index contributed by atoms with van der Waals surface area (Å²) in [5.74, 6) is -0.214. The molecule has 0 fully saturated rings. The van der Waals surface area contributed by atoms with Crippen molar-refractivity contribution in [2.45, 2.75) is 6.92 Å². The molecule has 0 saturated carbocycles. The summed E-state index contributed by atoms with van der Waals surface area (Å²) >= 11 is 2.76. The Morgan fingerprint density at radius 2 is 1.96 bits per heavy atom. The molecule has 3 aromatic rings. The van der Waals surface area contributed by atoms with E-state index in [0.717, 1.165) is 14.7 Å². The van der Waals surface area contributed by atoms with Crippen LogP contribution >= 0.6 is 22.7 Å². The van der Waals surface area contributed by atoms with E-state index in [4.69, 9.17) is 5.11 Å². The first-order chi connectivity index (χ1) is 11.6. The van der Waals surface area contributed by atoms with E-state index in [1.807, 2.05) is 0 Å². The Hall–Kier alpha value is -2.29. The average Bonchev–Trinajstić information content (AvgIpc) is 3.11. The minimum absolute atomic E-state index is 0.0111. The van der Waals surface area contributed by atoms with Gasteiger partial charge in [0.2, 0.25) is 0 Å². The van der Waals surface area contributed by atoms with Gasteiger partial charge in [-0.05, 0) is 37.3 Å². The fraction of sp³-hybridized carbons (Fsp3) is 0.188. The van der Waals surface area contributed by atoms with Crippen molar-refractivity contribution >= 4 is 54.7 Å². The Labute approximate surface area is 146 Å². The van der Waals surface area contributed by atoms with Gasteiger partial charge in [0.1, 0.15) is 4.83 Å². The highest BCUT2D eigenvalue weighted by atomic mass is 32.1. The molecule has 1 amide bonds. The van der Waals surface area contributed by atoms with Gasteiger partial charge < -0.3 is 15.7 Å². The van der Waals surface area contributed by atoms with Crippen molar-refractivity contribution in [3.05, 3.63) is 40.8 Å². The number of hydrogen-bond acceptors (Lipinski definition) is 7. The molecular formula is C16H15N3O3S2. The van der Waals surface area contributed by atoms with Crippen molar-refractivity contribution in [2.75, 3.05) is 23.8 Å². The van der Waals surface area contributed by atoms with E-state index in [9.17, 15) is 9.59 Å². The molecule has 0 spiro atoms. The number of aliphatic hydroxyl groups excluding tert-OH is 1. The van der Waals surface area contributed by atoms with Crippen LogP contribution in [0.4, 0.5) is 10.8 Å². The van der Waals surface area contributed by atoms with Gasteiger partial charge in [0.15, 0.2) is 10.9 Å². The summed E-state index contributed by atoms with van der Waals surface area (Å²) in [6.45, 7) is 2.00. The van der Waals surface area contributed by atoms with E-state index in [2.05, 4.69) is 15.6 Å². The molecule has 2 heterocycles. The summed E-state index contributed by atoms with van der Waals surface area (Å²) in [4.78, 5) is 29.3. The van der Waals surface area contributed by atoms with Crippen LogP contribution in [0.2, 0.25) is 0 Å². The fourth-order valence-electron chi connectivity index (χ4n) is 2.07. The van der Waals surface area contributed by atoms with Crippen LogP contribution in [0.25, 0.3) is 9.53 Å². The lowest BCUT2D eigenvalue weighted by atomic mass is 10.1. The summed E-state index contributed by atoms with van der Waals surface area (Å²) < 4.78 is 0.928. The van der Waals surface area contributed by atoms with E-state index >= 15 is 0 Å². The predicted octanol–water partition coefficient (Wildman–Crippen LogP) is 3.22. The summed E-state index contributed by atoms with van der Waals surface area (Å²) in [6, 6.07) is 8.60. The molecule has 0 aliphatic carbocycles. The van der Waals surface area contributed by atoms with E-state index in [0.29, 0.717) is 22.7 Å². The van der Waals surface area contributed by atoms with Crippen molar-refractivity contribution < 1.29 is 14.7 Å². The molecule has 0 bridgehead atoms. The molecule has 0 aliphatic rings. The number of thiazole rings is 1. The average molecular weight is 361 g/mol. The van der Waals surface area contributed by atoms with Crippen molar-refractivity contribution in [3.8, 4) is 0 Å². The number of nitrogens with zero attached hydrogens (tertiary/aromatic N) is 1. The number of ketones is 1. The van der Waals surface area contributed by atoms with Crippen molar-refractivity contribution in [3.63, 3.8) is 0 Å². The number of aliphatic hydroxyl groups is 1. The monoisotopic (exact) mass is 361 g/mol. The van der Waals surface area contributed by atoms with Crippen LogP contribution in [0.1, 0.15) is 27.0 Å². The van der Waals surface area contributed by atoms with Gasteiger partial charge in [0, 0.05) is 17.8 Å². The zero-order valence-electron chi connectivity index (χ0n) is 12.8. The third-order valence-corrected chi connectivity index (χ3v) is 5.37. The highest BCUT2D eigenvalue weighted by Crippen LogP contribution is 2.33. The molecule has 3 N–H and O–H groups in total. The standard InChI is InChI=1S/C16H15N3O3S2/c1-9(21)10-2-4-11(5-3-10)18-14(22)12-8-13-15(23-12)19-16(24-13)17-6-7-20/h2-5,8,20H,6-7H2,1H3,(H,17,19)(H,18,22). The van der Waals surface area contributed by atoms with Crippen molar-refractivity contribution in [1.29, 1.82) is 0 Å². The predicted molar refractivity (Wildman–Crippen MR) is 97.5 cm³/mol. The molecule has 2 aromatic heterocycles. The lowest BCUT2D eigenvalue weighted by Gasteiger charge is -2.04. The maximum atomic E-state index is 12.3. The molecule has 1 aromatic carbocycles. The SMILES string of the molecule is CC(=O)c1ccc(NC(=O)c2cc3sc(NCCO)nc3s2)cc1. The van der Waals surface area contributed by atoms with Crippen LogP contribution in [0, 0.1) is 0 Å². The maximum Gasteiger partial charge on any atom is 0.265 e.